The molecule has 1 aromatic heterocycles. The molecule has 0 N–H and O–H groups in total. The molecule has 0 aliphatic rings. The lowest BCUT2D eigenvalue weighted by atomic mass is 10.2. The number of nitrogens with zero attached hydrogens (tertiary/aromatic N) is 1. The Kier molecular flexibility index (Phi) is 4.92. The zero-order chi connectivity index (χ0) is 13.8. The first-order chi connectivity index (χ1) is 9.12. The molecule has 0 aliphatic heterocycles. The van der Waals surface area contributed by atoms with Crippen LogP contribution in [0.3, 0.4) is 0 Å². The van der Waals surface area contributed by atoms with Crippen LogP contribution in [0.15, 0.2) is 30.3 Å². The van der Waals surface area contributed by atoms with E-state index < -0.39 is 0 Å². The molecule has 0 radical (unpaired) electrons. The van der Waals surface area contributed by atoms with Crippen molar-refractivity contribution in [1.82, 2.24) is 4.98 Å². The van der Waals surface area contributed by atoms with Gasteiger partial charge in [0.15, 0.2) is 0 Å². The minimum atomic E-state index is 0.412. The van der Waals surface area contributed by atoms with Crippen LogP contribution in [0.25, 0.3) is 0 Å². The maximum atomic E-state index is 6.06. The van der Waals surface area contributed by atoms with E-state index in [-0.39, 0.29) is 0 Å². The number of halogens is 3. The van der Waals surface area contributed by atoms with E-state index in [0.29, 0.717) is 27.6 Å². The topological polar surface area (TPSA) is 22.1 Å². The molecule has 5 heteroatoms. The number of aryl methyl sites for hydroxylation is 1. The van der Waals surface area contributed by atoms with Gasteiger partial charge < -0.3 is 4.74 Å². The molecule has 1 heterocycles. The van der Waals surface area contributed by atoms with Crippen molar-refractivity contribution in [2.45, 2.75) is 19.2 Å². The van der Waals surface area contributed by atoms with E-state index in [1.807, 2.05) is 13.0 Å². The van der Waals surface area contributed by atoms with Crippen LogP contribution in [-0.4, -0.2) is 4.98 Å². The number of rotatable bonds is 4. The van der Waals surface area contributed by atoms with Crippen molar-refractivity contribution in [3.05, 3.63) is 51.6 Å². The average Bonchev–Trinajstić information content (AvgIpc) is 2.42. The fourth-order valence-electron chi connectivity index (χ4n) is 1.60. The SMILES string of the molecule is CCc1cc(CCl)cc(Oc2cc(Cl)ccc2Cl)n1. The molecule has 0 bridgehead atoms. The van der Waals surface area contributed by atoms with Crippen LogP contribution < -0.4 is 4.74 Å². The van der Waals surface area contributed by atoms with Crippen LogP contribution in [0.4, 0.5) is 0 Å². The van der Waals surface area contributed by atoms with Gasteiger partial charge in [-0.15, -0.1) is 11.6 Å². The second-order valence-corrected chi connectivity index (χ2v) is 5.08. The monoisotopic (exact) mass is 315 g/mol. The van der Waals surface area contributed by atoms with Gasteiger partial charge in [0.05, 0.1) is 5.02 Å². The third-order valence-electron chi connectivity index (χ3n) is 2.54. The van der Waals surface area contributed by atoms with Crippen LogP contribution in [-0.2, 0) is 12.3 Å². The highest BCUT2D eigenvalue weighted by atomic mass is 35.5. The molecule has 2 rings (SSSR count). The summed E-state index contributed by atoms with van der Waals surface area (Å²) in [7, 11) is 0. The molecular formula is C14H12Cl3NO. The molecule has 0 saturated heterocycles. The van der Waals surface area contributed by atoms with E-state index >= 15 is 0 Å². The van der Waals surface area contributed by atoms with Crippen molar-refractivity contribution in [3.8, 4) is 11.6 Å². The predicted molar refractivity (Wildman–Crippen MR) is 79.7 cm³/mol. The average molecular weight is 317 g/mol. The maximum absolute atomic E-state index is 6.06. The Hall–Kier alpha value is -0.960. The molecule has 0 unspecified atom stereocenters. The summed E-state index contributed by atoms with van der Waals surface area (Å²) >= 11 is 17.8. The number of aromatic nitrogens is 1. The lowest BCUT2D eigenvalue weighted by Gasteiger charge is -2.09. The summed E-state index contributed by atoms with van der Waals surface area (Å²) in [6.45, 7) is 2.02. The normalized spacial score (nSPS) is 10.5. The molecule has 0 atom stereocenters. The lowest BCUT2D eigenvalue weighted by Crippen LogP contribution is -1.95. The summed E-state index contributed by atoms with van der Waals surface area (Å²) in [5.41, 5.74) is 1.88. The first kappa shape index (κ1) is 14.4. The van der Waals surface area contributed by atoms with Crippen LogP contribution in [0.5, 0.6) is 11.6 Å². The van der Waals surface area contributed by atoms with Gasteiger partial charge in [-0.25, -0.2) is 4.98 Å². The first-order valence-corrected chi connectivity index (χ1v) is 7.10. The Morgan fingerprint density at radius 1 is 1.16 bits per heavy atom. The fourth-order valence-corrected chi connectivity index (χ4v) is 2.07. The van der Waals surface area contributed by atoms with Gasteiger partial charge in [0.2, 0.25) is 5.88 Å². The summed E-state index contributed by atoms with van der Waals surface area (Å²) in [4.78, 5) is 4.38. The second-order valence-electron chi connectivity index (χ2n) is 3.97. The third-order valence-corrected chi connectivity index (χ3v) is 3.39. The fraction of sp³-hybridized carbons (Fsp3) is 0.214. The predicted octanol–water partition coefficient (Wildman–Crippen LogP) is 5.48. The van der Waals surface area contributed by atoms with Gasteiger partial charge in [-0.3, -0.25) is 0 Å². The molecule has 0 spiro atoms. The minimum Gasteiger partial charge on any atom is -0.437 e. The van der Waals surface area contributed by atoms with Crippen LogP contribution in [0, 0.1) is 0 Å². The van der Waals surface area contributed by atoms with Crippen molar-refractivity contribution in [2.75, 3.05) is 0 Å². The smallest absolute Gasteiger partial charge is 0.219 e. The number of benzene rings is 1. The van der Waals surface area contributed by atoms with Crippen LogP contribution >= 0.6 is 34.8 Å². The highest BCUT2D eigenvalue weighted by Gasteiger charge is 2.07. The molecule has 0 aliphatic carbocycles. The van der Waals surface area contributed by atoms with Gasteiger partial charge in [-0.2, -0.15) is 0 Å². The second kappa shape index (κ2) is 6.47. The Balaban J connectivity index is 2.34. The van der Waals surface area contributed by atoms with Gasteiger partial charge in [0.1, 0.15) is 5.75 Å². The van der Waals surface area contributed by atoms with Gasteiger partial charge in [0.25, 0.3) is 0 Å². The van der Waals surface area contributed by atoms with E-state index in [9.17, 15) is 0 Å². The lowest BCUT2D eigenvalue weighted by molar-refractivity contribution is 0.460. The van der Waals surface area contributed by atoms with Crippen molar-refractivity contribution in [2.24, 2.45) is 0 Å². The van der Waals surface area contributed by atoms with Crippen LogP contribution in [0.1, 0.15) is 18.2 Å². The van der Waals surface area contributed by atoms with Gasteiger partial charge in [-0.05, 0) is 30.2 Å². The first-order valence-electron chi connectivity index (χ1n) is 5.81. The standard InChI is InChI=1S/C14H12Cl3NO/c1-2-11-5-9(8-15)6-14(18-11)19-13-7-10(16)3-4-12(13)17/h3-7H,2,8H2,1H3. The molecule has 2 nitrogen and oxygen atoms in total. The van der Waals surface area contributed by atoms with E-state index in [4.69, 9.17) is 39.5 Å². The van der Waals surface area contributed by atoms with E-state index in [0.717, 1.165) is 17.7 Å². The number of hydrogen-bond acceptors (Lipinski definition) is 2. The molecule has 0 amide bonds. The largest absolute Gasteiger partial charge is 0.437 e. The quantitative estimate of drug-likeness (QED) is 0.697. The molecule has 19 heavy (non-hydrogen) atoms. The zero-order valence-electron chi connectivity index (χ0n) is 10.3. The maximum Gasteiger partial charge on any atom is 0.219 e. The summed E-state index contributed by atoms with van der Waals surface area (Å²) in [5.74, 6) is 1.37. The Labute approximate surface area is 127 Å². The van der Waals surface area contributed by atoms with E-state index in [2.05, 4.69) is 4.98 Å². The summed E-state index contributed by atoms with van der Waals surface area (Å²) in [6.07, 6.45) is 0.810. The van der Waals surface area contributed by atoms with Gasteiger partial charge in [-0.1, -0.05) is 30.1 Å². The Morgan fingerprint density at radius 3 is 2.63 bits per heavy atom. The summed E-state index contributed by atoms with van der Waals surface area (Å²) in [6, 6.07) is 8.80. The van der Waals surface area contributed by atoms with Gasteiger partial charge >= 0.3 is 0 Å². The molecular weight excluding hydrogens is 305 g/mol. The molecule has 1 aromatic carbocycles. The summed E-state index contributed by atoms with van der Waals surface area (Å²) < 4.78 is 5.69. The molecule has 2 aromatic rings. The number of alkyl halides is 1. The Morgan fingerprint density at radius 2 is 1.95 bits per heavy atom. The minimum absolute atomic E-state index is 0.412. The summed E-state index contributed by atoms with van der Waals surface area (Å²) in [5, 5.41) is 1.05. The molecule has 100 valence electrons. The highest BCUT2D eigenvalue weighted by molar-refractivity contribution is 6.34. The third kappa shape index (κ3) is 3.75. The number of pyridine rings is 1. The van der Waals surface area contributed by atoms with Gasteiger partial charge in [0, 0.05) is 28.7 Å². The van der Waals surface area contributed by atoms with Crippen molar-refractivity contribution in [1.29, 1.82) is 0 Å². The van der Waals surface area contributed by atoms with Crippen molar-refractivity contribution >= 4 is 34.8 Å². The zero-order valence-corrected chi connectivity index (χ0v) is 12.6. The van der Waals surface area contributed by atoms with Crippen LogP contribution in [0.2, 0.25) is 10.0 Å². The van der Waals surface area contributed by atoms with Crippen molar-refractivity contribution < 1.29 is 4.74 Å². The van der Waals surface area contributed by atoms with E-state index in [1.165, 1.54) is 0 Å². The highest BCUT2D eigenvalue weighted by Crippen LogP contribution is 2.31. The van der Waals surface area contributed by atoms with Crippen molar-refractivity contribution in [3.63, 3.8) is 0 Å². The number of ether oxygens (including phenoxy) is 1. The Bertz CT molecular complexity index is 565. The molecule has 0 fully saturated rings. The van der Waals surface area contributed by atoms with E-state index in [1.54, 1.807) is 24.3 Å². The molecule has 0 saturated carbocycles. The number of hydrogen-bond donors (Lipinski definition) is 0.